The van der Waals surface area contributed by atoms with Crippen molar-refractivity contribution >= 4 is 34.2 Å². The standard InChI is InChI=1S/C15H15N3O3S/c1-7(12(19)17-15-16-4-5-22-15)18-13(20)10-8-2-3-9(6-8)11(10)14(18)21/h2-5,7-11H,6H2,1H3,(H,16,17,19)/t7-,8-,9-,10-,11+/m0/s1. The minimum absolute atomic E-state index is 0.158. The predicted octanol–water partition coefficient (Wildman–Crippen LogP) is 1.28. The smallest absolute Gasteiger partial charge is 0.249 e. The Bertz CT molecular complexity index is 654. The molecule has 0 radical (unpaired) electrons. The number of hydrogen-bond donors (Lipinski definition) is 1. The van der Waals surface area contributed by atoms with E-state index in [-0.39, 0.29) is 41.4 Å². The van der Waals surface area contributed by atoms with Gasteiger partial charge >= 0.3 is 0 Å². The van der Waals surface area contributed by atoms with Gasteiger partial charge in [0.15, 0.2) is 5.13 Å². The first-order valence-corrected chi connectivity index (χ1v) is 8.21. The lowest BCUT2D eigenvalue weighted by molar-refractivity contribution is -0.146. The molecular weight excluding hydrogens is 302 g/mol. The van der Waals surface area contributed by atoms with E-state index in [1.165, 1.54) is 11.3 Å². The van der Waals surface area contributed by atoms with Gasteiger partial charge in [-0.25, -0.2) is 4.98 Å². The van der Waals surface area contributed by atoms with Crippen molar-refractivity contribution in [2.75, 3.05) is 5.32 Å². The van der Waals surface area contributed by atoms with Crippen molar-refractivity contribution in [2.24, 2.45) is 23.7 Å². The van der Waals surface area contributed by atoms with Crippen molar-refractivity contribution < 1.29 is 14.4 Å². The molecule has 1 aromatic heterocycles. The number of thiazole rings is 1. The molecule has 0 spiro atoms. The van der Waals surface area contributed by atoms with E-state index >= 15 is 0 Å². The van der Waals surface area contributed by atoms with E-state index in [4.69, 9.17) is 0 Å². The van der Waals surface area contributed by atoms with Crippen LogP contribution in [-0.2, 0) is 14.4 Å². The molecule has 1 saturated heterocycles. The fourth-order valence-electron chi connectivity index (χ4n) is 3.92. The third-order valence-corrected chi connectivity index (χ3v) is 5.62. The molecule has 2 aliphatic carbocycles. The van der Waals surface area contributed by atoms with Crippen LogP contribution in [0.1, 0.15) is 13.3 Å². The Morgan fingerprint density at radius 2 is 1.95 bits per heavy atom. The van der Waals surface area contributed by atoms with Crippen LogP contribution in [0.4, 0.5) is 5.13 Å². The Kier molecular flexibility index (Phi) is 2.94. The molecule has 1 aromatic rings. The zero-order chi connectivity index (χ0) is 15.4. The van der Waals surface area contributed by atoms with E-state index in [2.05, 4.69) is 10.3 Å². The molecule has 2 fully saturated rings. The summed E-state index contributed by atoms with van der Waals surface area (Å²) in [5, 5.41) is 4.87. The lowest BCUT2D eigenvalue weighted by Crippen LogP contribution is -2.46. The van der Waals surface area contributed by atoms with Gasteiger partial charge in [-0.15, -0.1) is 11.3 Å². The maximum atomic E-state index is 12.6. The topological polar surface area (TPSA) is 79.4 Å². The highest BCUT2D eigenvalue weighted by Gasteiger charge is 2.60. The quantitative estimate of drug-likeness (QED) is 0.673. The minimum atomic E-state index is -0.811. The van der Waals surface area contributed by atoms with Crippen molar-refractivity contribution in [1.82, 2.24) is 9.88 Å². The second-order valence-corrected chi connectivity index (χ2v) is 6.94. The molecule has 7 heteroatoms. The fraction of sp³-hybridized carbons (Fsp3) is 0.467. The second-order valence-electron chi connectivity index (χ2n) is 6.05. The van der Waals surface area contributed by atoms with E-state index in [0.717, 1.165) is 11.3 Å². The summed E-state index contributed by atoms with van der Waals surface area (Å²) in [5.74, 6) is -0.995. The van der Waals surface area contributed by atoms with E-state index in [9.17, 15) is 14.4 Å². The summed E-state index contributed by atoms with van der Waals surface area (Å²) in [6.45, 7) is 1.59. The predicted molar refractivity (Wildman–Crippen MR) is 79.8 cm³/mol. The highest BCUT2D eigenvalue weighted by Crippen LogP contribution is 2.52. The van der Waals surface area contributed by atoms with Crippen molar-refractivity contribution in [3.05, 3.63) is 23.7 Å². The zero-order valence-corrected chi connectivity index (χ0v) is 12.7. The summed E-state index contributed by atoms with van der Waals surface area (Å²) < 4.78 is 0. The first-order chi connectivity index (χ1) is 10.6. The number of amides is 3. The Morgan fingerprint density at radius 3 is 2.50 bits per heavy atom. The molecule has 3 amide bonds. The summed E-state index contributed by atoms with van der Waals surface area (Å²) in [6, 6.07) is -0.811. The Morgan fingerprint density at radius 1 is 1.32 bits per heavy atom. The number of nitrogens with one attached hydrogen (secondary N) is 1. The molecule has 2 heterocycles. The van der Waals surface area contributed by atoms with Crippen molar-refractivity contribution in [2.45, 2.75) is 19.4 Å². The van der Waals surface area contributed by atoms with Crippen LogP contribution in [0, 0.1) is 23.7 Å². The van der Waals surface area contributed by atoms with Gasteiger partial charge in [-0.3, -0.25) is 19.3 Å². The van der Waals surface area contributed by atoms with Gasteiger partial charge in [0.1, 0.15) is 6.04 Å². The normalized spacial score (nSPS) is 33.4. The first-order valence-electron chi connectivity index (χ1n) is 7.33. The minimum Gasteiger partial charge on any atom is -0.300 e. The molecule has 0 unspecified atom stereocenters. The average molecular weight is 317 g/mol. The average Bonchev–Trinajstić information content (AvgIpc) is 3.24. The molecule has 4 rings (SSSR count). The molecule has 1 saturated carbocycles. The number of carbonyl (C=O) groups is 3. The van der Waals surface area contributed by atoms with Crippen LogP contribution in [0.25, 0.3) is 0 Å². The van der Waals surface area contributed by atoms with Crippen LogP contribution in [0.3, 0.4) is 0 Å². The van der Waals surface area contributed by atoms with Gasteiger partial charge in [-0.05, 0) is 25.2 Å². The number of anilines is 1. The van der Waals surface area contributed by atoms with Crippen molar-refractivity contribution in [1.29, 1.82) is 0 Å². The molecule has 5 atom stereocenters. The SMILES string of the molecule is C[C@@H](C(=O)Nc1nccs1)N1C(=O)[C@@H]2[C@H](C1=O)[C@H]1C=C[C@H]2C1. The molecule has 3 aliphatic rings. The zero-order valence-electron chi connectivity index (χ0n) is 11.9. The Labute approximate surface area is 131 Å². The van der Waals surface area contributed by atoms with Gasteiger partial charge in [0.25, 0.3) is 0 Å². The second kappa shape index (κ2) is 4.74. The lowest BCUT2D eigenvalue weighted by atomic mass is 9.85. The largest absolute Gasteiger partial charge is 0.300 e. The number of imide groups is 1. The van der Waals surface area contributed by atoms with Gasteiger partial charge in [0, 0.05) is 11.6 Å². The summed E-state index contributed by atoms with van der Waals surface area (Å²) in [7, 11) is 0. The maximum absolute atomic E-state index is 12.6. The lowest BCUT2D eigenvalue weighted by Gasteiger charge is -2.23. The summed E-state index contributed by atoms with van der Waals surface area (Å²) >= 11 is 1.30. The summed E-state index contributed by atoms with van der Waals surface area (Å²) in [4.78, 5) is 42.6. The van der Waals surface area contributed by atoms with Crippen molar-refractivity contribution in [3.63, 3.8) is 0 Å². The number of carbonyl (C=O) groups excluding carboxylic acids is 3. The molecule has 1 N–H and O–H groups in total. The van der Waals surface area contributed by atoms with Crippen LogP contribution in [0.15, 0.2) is 23.7 Å². The number of allylic oxidation sites excluding steroid dienone is 2. The van der Waals surface area contributed by atoms with Crippen LogP contribution >= 0.6 is 11.3 Å². The molecule has 114 valence electrons. The summed E-state index contributed by atoms with van der Waals surface area (Å²) in [5.41, 5.74) is 0. The van der Waals surface area contributed by atoms with Crippen LogP contribution < -0.4 is 5.32 Å². The molecule has 1 aliphatic heterocycles. The third-order valence-electron chi connectivity index (χ3n) is 4.93. The van der Waals surface area contributed by atoms with Crippen molar-refractivity contribution in [3.8, 4) is 0 Å². The summed E-state index contributed by atoms with van der Waals surface area (Å²) in [6.07, 6.45) is 6.56. The van der Waals surface area contributed by atoms with Crippen LogP contribution in [-0.4, -0.2) is 33.6 Å². The molecular formula is C15H15N3O3S. The Hall–Kier alpha value is -2.02. The molecule has 6 nitrogen and oxygen atoms in total. The Balaban J connectivity index is 1.54. The first kappa shape index (κ1) is 13.6. The monoisotopic (exact) mass is 317 g/mol. The van der Waals surface area contributed by atoms with Gasteiger partial charge in [-0.1, -0.05) is 12.2 Å². The van der Waals surface area contributed by atoms with Crippen LogP contribution in [0.2, 0.25) is 0 Å². The molecule has 22 heavy (non-hydrogen) atoms. The van der Waals surface area contributed by atoms with Gasteiger partial charge in [0.05, 0.1) is 11.8 Å². The van der Waals surface area contributed by atoms with E-state index in [1.807, 2.05) is 12.2 Å². The fourth-order valence-corrected chi connectivity index (χ4v) is 4.45. The number of rotatable bonds is 3. The number of fused-ring (bicyclic) bond motifs is 5. The van der Waals surface area contributed by atoms with E-state index in [1.54, 1.807) is 18.5 Å². The molecule has 2 bridgehead atoms. The molecule has 0 aromatic carbocycles. The highest BCUT2D eigenvalue weighted by molar-refractivity contribution is 7.13. The number of likely N-dealkylation sites (tertiary alicyclic amines) is 1. The van der Waals surface area contributed by atoms with Gasteiger partial charge in [0.2, 0.25) is 17.7 Å². The third kappa shape index (κ3) is 1.78. The van der Waals surface area contributed by atoms with E-state index < -0.39 is 6.04 Å². The van der Waals surface area contributed by atoms with Crippen LogP contribution in [0.5, 0.6) is 0 Å². The van der Waals surface area contributed by atoms with Gasteiger partial charge < -0.3 is 5.32 Å². The van der Waals surface area contributed by atoms with E-state index in [0.29, 0.717) is 5.13 Å². The maximum Gasteiger partial charge on any atom is 0.249 e. The number of aromatic nitrogens is 1. The van der Waals surface area contributed by atoms with Gasteiger partial charge in [-0.2, -0.15) is 0 Å². The highest BCUT2D eigenvalue weighted by atomic mass is 32.1. The number of hydrogen-bond acceptors (Lipinski definition) is 5. The number of nitrogens with zero attached hydrogens (tertiary/aromatic N) is 2.